The number of hydrogen-bond acceptors (Lipinski definition) is 4. The average Bonchev–Trinajstić information content (AvgIpc) is 2.98. The molecule has 1 aromatic rings. The van der Waals surface area contributed by atoms with Crippen LogP contribution in [0.4, 0.5) is 0 Å². The third kappa shape index (κ3) is 3.90. The van der Waals surface area contributed by atoms with Crippen LogP contribution in [0.15, 0.2) is 6.20 Å². The number of hydrogen-bond donors (Lipinski definition) is 2. The van der Waals surface area contributed by atoms with E-state index in [2.05, 4.69) is 15.6 Å². The molecule has 0 atom stereocenters. The quantitative estimate of drug-likeness (QED) is 0.784. The van der Waals surface area contributed by atoms with Gasteiger partial charge >= 0.3 is 0 Å². The fourth-order valence-electron chi connectivity index (χ4n) is 1.44. The molecule has 0 bridgehead atoms. The molecule has 1 aliphatic carbocycles. The largest absolute Gasteiger partial charge is 0.351 e. The second-order valence-corrected chi connectivity index (χ2v) is 5.42. The van der Waals surface area contributed by atoms with E-state index in [-0.39, 0.29) is 5.91 Å². The van der Waals surface area contributed by atoms with E-state index in [0.717, 1.165) is 16.4 Å². The topological polar surface area (TPSA) is 54.0 Å². The van der Waals surface area contributed by atoms with Crippen LogP contribution in [0.5, 0.6) is 0 Å². The molecule has 5 heteroatoms. The molecule has 0 saturated heterocycles. The molecule has 16 heavy (non-hydrogen) atoms. The summed E-state index contributed by atoms with van der Waals surface area (Å²) in [7, 11) is 0. The molecule has 0 spiro atoms. The maximum atomic E-state index is 11.5. The van der Waals surface area contributed by atoms with Gasteiger partial charge in [-0.2, -0.15) is 0 Å². The zero-order valence-electron chi connectivity index (χ0n) is 9.45. The van der Waals surface area contributed by atoms with E-state index >= 15 is 0 Å². The van der Waals surface area contributed by atoms with Crippen molar-refractivity contribution in [1.29, 1.82) is 0 Å². The highest BCUT2D eigenvalue weighted by molar-refractivity contribution is 7.11. The van der Waals surface area contributed by atoms with Crippen molar-refractivity contribution in [3.05, 3.63) is 16.1 Å². The Morgan fingerprint density at radius 1 is 1.62 bits per heavy atom. The van der Waals surface area contributed by atoms with E-state index in [1.54, 1.807) is 11.3 Å². The molecular weight excluding hydrogens is 222 g/mol. The van der Waals surface area contributed by atoms with E-state index in [4.69, 9.17) is 0 Å². The molecule has 2 rings (SSSR count). The fraction of sp³-hybridized carbons (Fsp3) is 0.636. The summed E-state index contributed by atoms with van der Waals surface area (Å²) in [6, 6.07) is 0.678. The van der Waals surface area contributed by atoms with Crippen molar-refractivity contribution in [2.45, 2.75) is 38.8 Å². The van der Waals surface area contributed by atoms with E-state index in [9.17, 15) is 4.79 Å². The van der Waals surface area contributed by atoms with Crippen LogP contribution in [0, 0.1) is 6.92 Å². The third-order valence-electron chi connectivity index (χ3n) is 2.49. The summed E-state index contributed by atoms with van der Waals surface area (Å²) in [6.45, 7) is 3.36. The predicted octanol–water partition coefficient (Wildman–Crippen LogP) is 1.21. The van der Waals surface area contributed by atoms with Crippen molar-refractivity contribution in [2.24, 2.45) is 0 Å². The van der Waals surface area contributed by atoms with E-state index in [0.29, 0.717) is 19.0 Å². The Bertz CT molecular complexity index is 360. The number of amides is 1. The number of nitrogens with zero attached hydrogens (tertiary/aromatic N) is 1. The van der Waals surface area contributed by atoms with Gasteiger partial charge < -0.3 is 10.6 Å². The first kappa shape index (κ1) is 11.5. The van der Waals surface area contributed by atoms with Crippen molar-refractivity contribution in [2.75, 3.05) is 6.54 Å². The lowest BCUT2D eigenvalue weighted by Gasteiger charge is -2.04. The molecule has 1 heterocycles. The average molecular weight is 239 g/mol. The van der Waals surface area contributed by atoms with Gasteiger partial charge in [-0.15, -0.1) is 11.3 Å². The molecule has 4 nitrogen and oxygen atoms in total. The third-order valence-corrected chi connectivity index (χ3v) is 3.40. The molecule has 1 amide bonds. The smallest absolute Gasteiger partial charge is 0.221 e. The molecule has 1 aromatic heterocycles. The minimum absolute atomic E-state index is 0.110. The van der Waals surface area contributed by atoms with Gasteiger partial charge in [-0.05, 0) is 19.8 Å². The number of carbonyl (C=O) groups excluding carboxylic acids is 1. The Morgan fingerprint density at radius 2 is 2.44 bits per heavy atom. The van der Waals surface area contributed by atoms with E-state index < -0.39 is 0 Å². The van der Waals surface area contributed by atoms with Crippen LogP contribution in [0.1, 0.15) is 29.1 Å². The first-order valence-electron chi connectivity index (χ1n) is 5.65. The second-order valence-electron chi connectivity index (χ2n) is 4.10. The fourth-order valence-corrected chi connectivity index (χ4v) is 2.17. The van der Waals surface area contributed by atoms with Crippen LogP contribution in [0.25, 0.3) is 0 Å². The summed E-state index contributed by atoms with van der Waals surface area (Å²) >= 11 is 1.63. The summed E-state index contributed by atoms with van der Waals surface area (Å²) in [5, 5.41) is 7.26. The Kier molecular flexibility index (Phi) is 3.90. The lowest BCUT2D eigenvalue weighted by Crippen LogP contribution is -2.27. The van der Waals surface area contributed by atoms with Crippen LogP contribution in [0.3, 0.4) is 0 Å². The first-order chi connectivity index (χ1) is 7.74. The lowest BCUT2D eigenvalue weighted by atomic mass is 10.4. The molecular formula is C11H17N3OS. The van der Waals surface area contributed by atoms with Gasteiger partial charge in [0.2, 0.25) is 5.91 Å². The summed E-state index contributed by atoms with van der Waals surface area (Å²) in [4.78, 5) is 16.7. The highest BCUT2D eigenvalue weighted by Crippen LogP contribution is 2.18. The highest BCUT2D eigenvalue weighted by atomic mass is 32.1. The molecule has 2 N–H and O–H groups in total. The van der Waals surface area contributed by atoms with Gasteiger partial charge in [0.05, 0.1) is 11.6 Å². The van der Waals surface area contributed by atoms with Crippen LogP contribution in [-0.4, -0.2) is 23.5 Å². The summed E-state index contributed by atoms with van der Waals surface area (Å²) < 4.78 is 0. The van der Waals surface area contributed by atoms with Crippen molar-refractivity contribution >= 4 is 17.2 Å². The van der Waals surface area contributed by atoms with Gasteiger partial charge in [0.1, 0.15) is 0 Å². The van der Waals surface area contributed by atoms with Gasteiger partial charge in [-0.25, -0.2) is 4.98 Å². The maximum absolute atomic E-state index is 11.5. The van der Waals surface area contributed by atoms with Gasteiger partial charge in [-0.1, -0.05) is 0 Å². The Hall–Kier alpha value is -0.940. The van der Waals surface area contributed by atoms with Gasteiger partial charge in [0, 0.05) is 30.1 Å². The number of carbonyl (C=O) groups is 1. The zero-order valence-corrected chi connectivity index (χ0v) is 10.3. The minimum atomic E-state index is 0.110. The second kappa shape index (κ2) is 5.41. The van der Waals surface area contributed by atoms with Crippen molar-refractivity contribution in [3.63, 3.8) is 0 Å². The van der Waals surface area contributed by atoms with Crippen LogP contribution in [0.2, 0.25) is 0 Å². The molecule has 0 aliphatic heterocycles. The summed E-state index contributed by atoms with van der Waals surface area (Å²) in [5.74, 6) is 0.110. The normalized spacial score (nSPS) is 15.1. The van der Waals surface area contributed by atoms with Gasteiger partial charge in [0.15, 0.2) is 0 Å². The minimum Gasteiger partial charge on any atom is -0.351 e. The van der Waals surface area contributed by atoms with Crippen LogP contribution in [-0.2, 0) is 11.3 Å². The van der Waals surface area contributed by atoms with Crippen molar-refractivity contribution in [3.8, 4) is 0 Å². The standard InChI is InChI=1S/C11H17N3OS/c1-8-13-6-10(16-8)7-14-11(15)4-5-12-9-2-3-9/h6,9,12H,2-5,7H2,1H3,(H,14,15). The van der Waals surface area contributed by atoms with E-state index in [1.807, 2.05) is 13.1 Å². The van der Waals surface area contributed by atoms with Crippen molar-refractivity contribution in [1.82, 2.24) is 15.6 Å². The van der Waals surface area contributed by atoms with Gasteiger partial charge in [0.25, 0.3) is 0 Å². The zero-order chi connectivity index (χ0) is 11.4. The molecule has 1 aliphatic rings. The number of nitrogens with one attached hydrogen (secondary N) is 2. The molecule has 1 saturated carbocycles. The maximum Gasteiger partial charge on any atom is 0.221 e. The molecule has 0 radical (unpaired) electrons. The molecule has 0 unspecified atom stereocenters. The van der Waals surface area contributed by atoms with Crippen LogP contribution >= 0.6 is 11.3 Å². The molecule has 88 valence electrons. The van der Waals surface area contributed by atoms with Gasteiger partial charge in [-0.3, -0.25) is 4.79 Å². The van der Waals surface area contributed by atoms with Crippen molar-refractivity contribution < 1.29 is 4.79 Å². The summed E-state index contributed by atoms with van der Waals surface area (Å²) in [6.07, 6.45) is 4.92. The Labute approximate surface area is 99.5 Å². The molecule has 0 aromatic carbocycles. The monoisotopic (exact) mass is 239 g/mol. The lowest BCUT2D eigenvalue weighted by molar-refractivity contribution is -0.121. The molecule has 1 fully saturated rings. The first-order valence-corrected chi connectivity index (χ1v) is 6.47. The Morgan fingerprint density at radius 3 is 3.06 bits per heavy atom. The summed E-state index contributed by atoms with van der Waals surface area (Å²) in [5.41, 5.74) is 0. The van der Waals surface area contributed by atoms with Crippen LogP contribution < -0.4 is 10.6 Å². The SMILES string of the molecule is Cc1ncc(CNC(=O)CCNC2CC2)s1. The van der Waals surface area contributed by atoms with E-state index in [1.165, 1.54) is 12.8 Å². The number of rotatable bonds is 6. The predicted molar refractivity (Wildman–Crippen MR) is 64.3 cm³/mol. The Balaban J connectivity index is 1.59. The number of aromatic nitrogens is 1. The number of thiazole rings is 1. The highest BCUT2D eigenvalue weighted by Gasteiger charge is 2.19. The number of aryl methyl sites for hydroxylation is 1.